The Morgan fingerprint density at radius 3 is 2.65 bits per heavy atom. The summed E-state index contributed by atoms with van der Waals surface area (Å²) < 4.78 is 39.5. The van der Waals surface area contributed by atoms with Gasteiger partial charge in [0.25, 0.3) is 0 Å². The first-order chi connectivity index (χ1) is 9.02. The maximum Gasteiger partial charge on any atom is 0.417 e. The van der Waals surface area contributed by atoms with Gasteiger partial charge in [-0.1, -0.05) is 0 Å². The van der Waals surface area contributed by atoms with E-state index in [1.807, 2.05) is 6.26 Å². The van der Waals surface area contributed by atoms with Gasteiger partial charge < -0.3 is 10.3 Å². The summed E-state index contributed by atoms with van der Waals surface area (Å²) in [5, 5.41) is 3.48. The van der Waals surface area contributed by atoms with Crippen LogP contribution in [0.25, 0.3) is 10.9 Å². The molecule has 0 radical (unpaired) electrons. The third-order valence-electron chi connectivity index (χ3n) is 3.49. The predicted molar refractivity (Wildman–Crippen MR) is 77.7 cm³/mol. The van der Waals surface area contributed by atoms with Crippen LogP contribution in [0.2, 0.25) is 0 Å². The average molecular weight is 323 g/mol. The molecule has 1 aromatic carbocycles. The lowest BCUT2D eigenvalue weighted by molar-refractivity contribution is -0.136. The van der Waals surface area contributed by atoms with E-state index in [0.29, 0.717) is 17.4 Å². The van der Waals surface area contributed by atoms with Crippen molar-refractivity contribution >= 4 is 35.1 Å². The molecule has 0 atom stereocenters. The smallest absolute Gasteiger partial charge is 0.357 e. The second kappa shape index (κ2) is 5.50. The number of benzene rings is 1. The van der Waals surface area contributed by atoms with Gasteiger partial charge in [0, 0.05) is 35.5 Å². The SMILES string of the molecule is CSc1ccc(C(F)(F)F)c2c3c([nH]c12)CCNC3.Cl. The van der Waals surface area contributed by atoms with Crippen LogP contribution in [0.1, 0.15) is 16.8 Å². The molecule has 110 valence electrons. The molecule has 1 aliphatic heterocycles. The lowest BCUT2D eigenvalue weighted by atomic mass is 10.0. The van der Waals surface area contributed by atoms with Gasteiger partial charge in [-0.25, -0.2) is 0 Å². The van der Waals surface area contributed by atoms with Crippen molar-refractivity contribution < 1.29 is 13.2 Å². The fourth-order valence-electron chi connectivity index (χ4n) is 2.64. The van der Waals surface area contributed by atoms with Crippen molar-refractivity contribution in [2.24, 2.45) is 0 Å². The van der Waals surface area contributed by atoms with Crippen LogP contribution in [0.5, 0.6) is 0 Å². The molecule has 0 aliphatic carbocycles. The fourth-order valence-corrected chi connectivity index (χ4v) is 3.20. The van der Waals surface area contributed by atoms with E-state index in [4.69, 9.17) is 0 Å². The van der Waals surface area contributed by atoms with Crippen LogP contribution in [0.4, 0.5) is 13.2 Å². The van der Waals surface area contributed by atoms with Gasteiger partial charge in [0.1, 0.15) is 0 Å². The predicted octanol–water partition coefficient (Wildman–Crippen LogP) is 3.98. The molecule has 1 aliphatic rings. The van der Waals surface area contributed by atoms with Gasteiger partial charge in [-0.05, 0) is 24.0 Å². The molecule has 3 rings (SSSR count). The van der Waals surface area contributed by atoms with E-state index >= 15 is 0 Å². The Morgan fingerprint density at radius 1 is 1.25 bits per heavy atom. The highest BCUT2D eigenvalue weighted by molar-refractivity contribution is 7.98. The fraction of sp³-hybridized carbons (Fsp3) is 0.385. The molecule has 1 aromatic heterocycles. The standard InChI is InChI=1S/C13H13F3N2S.ClH/c1-19-10-3-2-8(13(14,15)16)11-7-6-17-5-4-9(7)18-12(10)11;/h2-3,17-18H,4-6H2,1H3;1H. The summed E-state index contributed by atoms with van der Waals surface area (Å²) in [6.07, 6.45) is -1.70. The normalized spacial score (nSPS) is 15.0. The van der Waals surface area contributed by atoms with Crippen molar-refractivity contribution in [2.75, 3.05) is 12.8 Å². The highest BCUT2D eigenvalue weighted by Crippen LogP contribution is 2.41. The largest absolute Gasteiger partial charge is 0.417 e. The number of H-pyrrole nitrogens is 1. The minimum absolute atomic E-state index is 0. The Balaban J connectivity index is 0.00000147. The molecule has 2 aromatic rings. The molecule has 0 saturated carbocycles. The van der Waals surface area contributed by atoms with Gasteiger partial charge >= 0.3 is 6.18 Å². The van der Waals surface area contributed by atoms with Crippen LogP contribution in [0.3, 0.4) is 0 Å². The average Bonchev–Trinajstić information content (AvgIpc) is 2.75. The first-order valence-electron chi connectivity index (χ1n) is 6.00. The highest BCUT2D eigenvalue weighted by atomic mass is 35.5. The zero-order valence-electron chi connectivity index (χ0n) is 10.7. The molecule has 0 fully saturated rings. The highest BCUT2D eigenvalue weighted by Gasteiger charge is 2.35. The molecule has 0 saturated heterocycles. The van der Waals surface area contributed by atoms with E-state index in [1.165, 1.54) is 17.8 Å². The van der Waals surface area contributed by atoms with E-state index in [-0.39, 0.29) is 12.4 Å². The molecule has 2 N–H and O–H groups in total. The van der Waals surface area contributed by atoms with Gasteiger partial charge in [-0.15, -0.1) is 24.2 Å². The van der Waals surface area contributed by atoms with Crippen LogP contribution in [0, 0.1) is 0 Å². The maximum absolute atomic E-state index is 13.2. The molecule has 7 heteroatoms. The Kier molecular flexibility index (Phi) is 4.27. The van der Waals surface area contributed by atoms with Gasteiger partial charge in [-0.2, -0.15) is 13.2 Å². The number of halogens is 4. The Bertz CT molecular complexity index is 637. The number of nitrogens with one attached hydrogen (secondary N) is 2. The van der Waals surface area contributed by atoms with Gasteiger partial charge in [0.2, 0.25) is 0 Å². The van der Waals surface area contributed by atoms with E-state index in [1.54, 1.807) is 6.07 Å². The first kappa shape index (κ1) is 15.5. The second-order valence-corrected chi connectivity index (χ2v) is 5.42. The number of thioether (sulfide) groups is 1. The number of aromatic nitrogens is 1. The number of fused-ring (bicyclic) bond motifs is 3. The van der Waals surface area contributed by atoms with Gasteiger partial charge in [0.05, 0.1) is 11.1 Å². The number of alkyl halides is 3. The summed E-state index contributed by atoms with van der Waals surface area (Å²) in [6.45, 7) is 1.30. The first-order valence-corrected chi connectivity index (χ1v) is 7.23. The molecule has 0 bridgehead atoms. The topological polar surface area (TPSA) is 27.8 Å². The lowest BCUT2D eigenvalue weighted by Gasteiger charge is -2.15. The minimum Gasteiger partial charge on any atom is -0.357 e. The molecule has 0 spiro atoms. The quantitative estimate of drug-likeness (QED) is 0.777. The van der Waals surface area contributed by atoms with Crippen molar-refractivity contribution in [3.8, 4) is 0 Å². The summed E-state index contributed by atoms with van der Waals surface area (Å²) in [5.41, 5.74) is 1.78. The Hall–Kier alpha value is -0.850. The zero-order valence-corrected chi connectivity index (χ0v) is 12.4. The number of hydrogen-bond acceptors (Lipinski definition) is 2. The van der Waals surface area contributed by atoms with Crippen molar-refractivity contribution in [3.63, 3.8) is 0 Å². The van der Waals surface area contributed by atoms with E-state index in [9.17, 15) is 13.2 Å². The molecule has 0 unspecified atom stereocenters. The van der Waals surface area contributed by atoms with Gasteiger partial charge in [-0.3, -0.25) is 0 Å². The monoisotopic (exact) mass is 322 g/mol. The summed E-state index contributed by atoms with van der Waals surface area (Å²) in [5.74, 6) is 0. The van der Waals surface area contributed by atoms with E-state index < -0.39 is 11.7 Å². The molecular weight excluding hydrogens is 309 g/mol. The van der Waals surface area contributed by atoms with Crippen LogP contribution >= 0.6 is 24.2 Å². The van der Waals surface area contributed by atoms with Crippen molar-refractivity contribution in [1.29, 1.82) is 0 Å². The van der Waals surface area contributed by atoms with Crippen molar-refractivity contribution in [2.45, 2.75) is 24.0 Å². The molecular formula is C13H14ClF3N2S. The van der Waals surface area contributed by atoms with Crippen molar-refractivity contribution in [1.82, 2.24) is 10.3 Å². The third-order valence-corrected chi connectivity index (χ3v) is 4.27. The minimum atomic E-state index is -4.32. The summed E-state index contributed by atoms with van der Waals surface area (Å²) in [4.78, 5) is 4.05. The van der Waals surface area contributed by atoms with Crippen molar-refractivity contribution in [3.05, 3.63) is 29.0 Å². The van der Waals surface area contributed by atoms with Gasteiger partial charge in [0.15, 0.2) is 0 Å². The van der Waals surface area contributed by atoms with Crippen LogP contribution < -0.4 is 5.32 Å². The third kappa shape index (κ3) is 2.40. The van der Waals surface area contributed by atoms with Crippen LogP contribution in [-0.4, -0.2) is 17.8 Å². The molecule has 20 heavy (non-hydrogen) atoms. The Labute approximate surface area is 124 Å². The summed E-state index contributed by atoms with van der Waals surface area (Å²) in [6, 6.07) is 2.74. The van der Waals surface area contributed by atoms with Crippen LogP contribution in [-0.2, 0) is 19.1 Å². The number of rotatable bonds is 1. The second-order valence-electron chi connectivity index (χ2n) is 4.57. The molecule has 2 nitrogen and oxygen atoms in total. The lowest BCUT2D eigenvalue weighted by Crippen LogP contribution is -2.23. The molecule has 2 heterocycles. The maximum atomic E-state index is 13.2. The van der Waals surface area contributed by atoms with Crippen LogP contribution in [0.15, 0.2) is 17.0 Å². The zero-order chi connectivity index (χ0) is 13.6. The Morgan fingerprint density at radius 2 is 2.00 bits per heavy atom. The number of aromatic amines is 1. The summed E-state index contributed by atoms with van der Waals surface area (Å²) >= 11 is 1.46. The molecule has 0 amide bonds. The van der Waals surface area contributed by atoms with E-state index in [2.05, 4.69) is 10.3 Å². The number of hydrogen-bond donors (Lipinski definition) is 2. The summed E-state index contributed by atoms with van der Waals surface area (Å²) in [7, 11) is 0. The van der Waals surface area contributed by atoms with E-state index in [0.717, 1.165) is 29.1 Å².